The molecule has 122 valence electrons. The Morgan fingerprint density at radius 3 is 2.96 bits per heavy atom. The van der Waals surface area contributed by atoms with Crippen LogP contribution in [0.2, 0.25) is 0 Å². The molecule has 3 rings (SSSR count). The predicted molar refractivity (Wildman–Crippen MR) is 89.9 cm³/mol. The number of sulfone groups is 1. The summed E-state index contributed by atoms with van der Waals surface area (Å²) in [5.41, 5.74) is 0.938. The van der Waals surface area contributed by atoms with Crippen LogP contribution in [0.4, 0.5) is 0 Å². The van der Waals surface area contributed by atoms with Crippen LogP contribution in [0.1, 0.15) is 18.9 Å². The fraction of sp³-hybridized carbons (Fsp3) is 0.412. The molecule has 1 atom stereocenters. The summed E-state index contributed by atoms with van der Waals surface area (Å²) in [5, 5.41) is 2.09. The molecule has 1 amide bonds. The molecule has 0 radical (unpaired) electrons. The zero-order chi connectivity index (χ0) is 16.4. The molecule has 1 aliphatic rings. The molecule has 1 aliphatic heterocycles. The molecule has 2 aromatic rings. The average molecular weight is 332 g/mol. The van der Waals surface area contributed by atoms with Gasteiger partial charge in [-0.25, -0.2) is 8.42 Å². The smallest absolute Gasteiger partial charge is 0.227 e. The number of benzene rings is 1. The van der Waals surface area contributed by atoms with E-state index in [0.717, 1.165) is 16.3 Å². The van der Waals surface area contributed by atoms with Gasteiger partial charge < -0.3 is 4.90 Å². The maximum absolute atomic E-state index is 12.6. The molecule has 1 fully saturated rings. The second-order valence-corrected chi connectivity index (χ2v) is 8.37. The zero-order valence-corrected chi connectivity index (χ0v) is 13.9. The fourth-order valence-corrected chi connectivity index (χ4v) is 4.76. The summed E-state index contributed by atoms with van der Waals surface area (Å²) in [5.74, 6) is 0.217. The third-order valence-corrected chi connectivity index (χ3v) is 6.16. The highest BCUT2D eigenvalue weighted by Crippen LogP contribution is 2.17. The Labute approximate surface area is 136 Å². The maximum Gasteiger partial charge on any atom is 0.227 e. The molecule has 1 aromatic heterocycles. The van der Waals surface area contributed by atoms with Crippen LogP contribution in [0.15, 0.2) is 36.7 Å². The van der Waals surface area contributed by atoms with Crippen LogP contribution in [0.3, 0.4) is 0 Å². The molecule has 0 aliphatic carbocycles. The van der Waals surface area contributed by atoms with Crippen molar-refractivity contribution in [3.8, 4) is 0 Å². The van der Waals surface area contributed by atoms with E-state index in [0.29, 0.717) is 19.4 Å². The third kappa shape index (κ3) is 3.69. The van der Waals surface area contributed by atoms with Crippen molar-refractivity contribution in [1.29, 1.82) is 0 Å². The highest BCUT2D eigenvalue weighted by Gasteiger charge is 2.28. The summed E-state index contributed by atoms with van der Waals surface area (Å²) in [6.07, 6.45) is 4.34. The van der Waals surface area contributed by atoms with Gasteiger partial charge in [-0.1, -0.05) is 18.2 Å². The number of hydrogen-bond acceptors (Lipinski definition) is 4. The monoisotopic (exact) mass is 332 g/mol. The molecular weight excluding hydrogens is 312 g/mol. The first-order chi connectivity index (χ1) is 10.9. The van der Waals surface area contributed by atoms with Crippen LogP contribution in [0.25, 0.3) is 10.8 Å². The van der Waals surface area contributed by atoms with E-state index < -0.39 is 9.84 Å². The van der Waals surface area contributed by atoms with Crippen molar-refractivity contribution in [2.24, 2.45) is 0 Å². The number of carbonyl (C=O) groups is 1. The number of aromatic nitrogens is 1. The summed E-state index contributed by atoms with van der Waals surface area (Å²) in [7, 11) is -3.04. The average Bonchev–Trinajstić information content (AvgIpc) is 2.64. The Morgan fingerprint density at radius 1 is 1.30 bits per heavy atom. The lowest BCUT2D eigenvalue weighted by Gasteiger charge is -2.26. The van der Waals surface area contributed by atoms with E-state index in [-0.39, 0.29) is 23.5 Å². The maximum atomic E-state index is 12.6. The molecule has 23 heavy (non-hydrogen) atoms. The minimum atomic E-state index is -3.04. The highest BCUT2D eigenvalue weighted by atomic mass is 32.2. The van der Waals surface area contributed by atoms with Crippen molar-refractivity contribution in [3.63, 3.8) is 0 Å². The van der Waals surface area contributed by atoms with Crippen molar-refractivity contribution in [2.75, 3.05) is 18.1 Å². The van der Waals surface area contributed by atoms with Gasteiger partial charge in [0.2, 0.25) is 5.91 Å². The lowest BCUT2D eigenvalue weighted by Crippen LogP contribution is -2.41. The summed E-state index contributed by atoms with van der Waals surface area (Å²) in [6, 6.07) is 7.54. The molecule has 0 spiro atoms. The molecule has 6 heteroatoms. The summed E-state index contributed by atoms with van der Waals surface area (Å²) in [4.78, 5) is 18.4. The van der Waals surface area contributed by atoms with E-state index in [1.54, 1.807) is 17.3 Å². The van der Waals surface area contributed by atoms with Gasteiger partial charge in [0.1, 0.15) is 0 Å². The van der Waals surface area contributed by atoms with Gasteiger partial charge in [-0.3, -0.25) is 9.78 Å². The Balaban J connectivity index is 1.77. The lowest BCUT2D eigenvalue weighted by molar-refractivity contribution is -0.132. The predicted octanol–water partition coefficient (Wildman–Crippen LogP) is 1.81. The van der Waals surface area contributed by atoms with Crippen molar-refractivity contribution >= 4 is 26.5 Å². The minimum Gasteiger partial charge on any atom is -0.339 e. The van der Waals surface area contributed by atoms with Gasteiger partial charge in [-0.15, -0.1) is 0 Å². The largest absolute Gasteiger partial charge is 0.339 e. The number of fused-ring (bicyclic) bond motifs is 1. The van der Waals surface area contributed by atoms with E-state index in [4.69, 9.17) is 0 Å². The molecule has 2 heterocycles. The molecule has 1 unspecified atom stereocenters. The van der Waals surface area contributed by atoms with Crippen LogP contribution in [-0.2, 0) is 21.1 Å². The molecule has 5 nitrogen and oxygen atoms in total. The molecule has 0 saturated carbocycles. The first kappa shape index (κ1) is 15.9. The molecule has 0 bridgehead atoms. The van der Waals surface area contributed by atoms with E-state index in [2.05, 4.69) is 4.98 Å². The van der Waals surface area contributed by atoms with Gasteiger partial charge in [0, 0.05) is 30.4 Å². The van der Waals surface area contributed by atoms with Gasteiger partial charge in [-0.2, -0.15) is 0 Å². The van der Waals surface area contributed by atoms with Crippen molar-refractivity contribution in [2.45, 2.75) is 25.8 Å². The number of nitrogens with zero attached hydrogens (tertiary/aromatic N) is 2. The molecule has 0 N–H and O–H groups in total. The van der Waals surface area contributed by atoms with Crippen LogP contribution in [-0.4, -0.2) is 48.3 Å². The van der Waals surface area contributed by atoms with E-state index in [9.17, 15) is 13.2 Å². The Bertz CT molecular complexity index is 833. The normalized spacial score (nSPS) is 21.1. The van der Waals surface area contributed by atoms with Gasteiger partial charge in [-0.05, 0) is 30.4 Å². The van der Waals surface area contributed by atoms with E-state index >= 15 is 0 Å². The first-order valence-electron chi connectivity index (χ1n) is 7.77. The number of carbonyl (C=O) groups excluding carboxylic acids is 1. The van der Waals surface area contributed by atoms with E-state index in [1.807, 2.05) is 31.2 Å². The first-order valence-corrected chi connectivity index (χ1v) is 9.59. The standard InChI is InChI=1S/C17H20N2O3S/c1-13-12-23(21,22)8-2-7-19(13)17(20)10-14-3-4-16-11-18-6-5-15(16)9-14/h3-6,9,11,13H,2,7-8,10,12H2,1H3. The Hall–Kier alpha value is -1.95. The van der Waals surface area contributed by atoms with Gasteiger partial charge in [0.05, 0.1) is 17.9 Å². The SMILES string of the molecule is CC1CS(=O)(=O)CCCN1C(=O)Cc1ccc2cnccc2c1. The van der Waals surface area contributed by atoms with Gasteiger partial charge >= 0.3 is 0 Å². The van der Waals surface area contributed by atoms with E-state index in [1.165, 1.54) is 0 Å². The van der Waals surface area contributed by atoms with Crippen molar-refractivity contribution in [1.82, 2.24) is 9.88 Å². The molecule has 1 aromatic carbocycles. The third-order valence-electron chi connectivity index (χ3n) is 4.26. The van der Waals surface area contributed by atoms with Crippen LogP contribution in [0.5, 0.6) is 0 Å². The molecule has 1 saturated heterocycles. The number of rotatable bonds is 2. The summed E-state index contributed by atoms with van der Waals surface area (Å²) in [6.45, 7) is 2.32. The number of amides is 1. The molecular formula is C17H20N2O3S. The topological polar surface area (TPSA) is 67.3 Å². The summed E-state index contributed by atoms with van der Waals surface area (Å²) < 4.78 is 23.6. The highest BCUT2D eigenvalue weighted by molar-refractivity contribution is 7.91. The number of pyridine rings is 1. The van der Waals surface area contributed by atoms with Crippen molar-refractivity contribution in [3.05, 3.63) is 42.2 Å². The van der Waals surface area contributed by atoms with Gasteiger partial charge in [0.15, 0.2) is 9.84 Å². The quantitative estimate of drug-likeness (QED) is 0.841. The van der Waals surface area contributed by atoms with Crippen LogP contribution < -0.4 is 0 Å². The van der Waals surface area contributed by atoms with Crippen LogP contribution >= 0.6 is 0 Å². The zero-order valence-electron chi connectivity index (χ0n) is 13.1. The van der Waals surface area contributed by atoms with Gasteiger partial charge in [0.25, 0.3) is 0 Å². The fourth-order valence-electron chi connectivity index (χ4n) is 3.11. The number of hydrogen-bond donors (Lipinski definition) is 0. The second kappa shape index (κ2) is 6.28. The summed E-state index contributed by atoms with van der Waals surface area (Å²) >= 11 is 0. The Morgan fingerprint density at radius 2 is 2.13 bits per heavy atom. The lowest BCUT2D eigenvalue weighted by atomic mass is 10.1. The second-order valence-electron chi connectivity index (χ2n) is 6.14. The van der Waals surface area contributed by atoms with Crippen molar-refractivity contribution < 1.29 is 13.2 Å². The Kier molecular flexibility index (Phi) is 4.35. The minimum absolute atomic E-state index is 0.0111. The van der Waals surface area contributed by atoms with Crippen LogP contribution in [0, 0.1) is 0 Å².